The molecule has 1 aliphatic heterocycles. The van der Waals surface area contributed by atoms with Crippen LogP contribution in [0.1, 0.15) is 48.7 Å². The van der Waals surface area contributed by atoms with Gasteiger partial charge < -0.3 is 39.4 Å². The second kappa shape index (κ2) is 23.8. The molecular formula is C53H72Cl2N8O2. The van der Waals surface area contributed by atoms with Crippen LogP contribution in [0.2, 0.25) is 10.0 Å². The van der Waals surface area contributed by atoms with Crippen molar-refractivity contribution >= 4 is 23.2 Å². The Labute approximate surface area is 399 Å². The number of likely N-dealkylation sites (N-methyl/N-ethyl adjacent to an activating group) is 2. The van der Waals surface area contributed by atoms with Crippen LogP contribution in [0.5, 0.6) is 11.5 Å². The molecule has 12 heteroatoms. The first-order valence-electron chi connectivity index (χ1n) is 23.5. The fraction of sp³-hybridized carbons (Fsp3) is 0.491. The van der Waals surface area contributed by atoms with Crippen molar-refractivity contribution in [2.75, 3.05) is 74.6 Å². The maximum absolute atomic E-state index is 6.71. The number of ether oxygens (including phenoxy) is 2. The summed E-state index contributed by atoms with van der Waals surface area (Å²) in [6.07, 6.45) is 7.28. The highest BCUT2D eigenvalue weighted by atomic mass is 35.5. The van der Waals surface area contributed by atoms with Crippen molar-refractivity contribution in [1.82, 2.24) is 39.8 Å². The van der Waals surface area contributed by atoms with Crippen LogP contribution in [0.15, 0.2) is 103 Å². The molecule has 10 nitrogen and oxygen atoms in total. The summed E-state index contributed by atoms with van der Waals surface area (Å²) in [6, 6.07) is 35.6. The number of imidazole rings is 1. The van der Waals surface area contributed by atoms with E-state index in [0.717, 1.165) is 111 Å². The Hall–Kier alpha value is -3.81. The van der Waals surface area contributed by atoms with Gasteiger partial charge in [0, 0.05) is 91.7 Å². The van der Waals surface area contributed by atoms with E-state index in [0.29, 0.717) is 35.7 Å². The number of benzene rings is 4. The van der Waals surface area contributed by atoms with Crippen molar-refractivity contribution in [3.05, 3.63) is 136 Å². The summed E-state index contributed by atoms with van der Waals surface area (Å²) in [4.78, 5) is 14.6. The predicted molar refractivity (Wildman–Crippen MR) is 268 cm³/mol. The molecule has 2 fully saturated rings. The first-order chi connectivity index (χ1) is 31.4. The van der Waals surface area contributed by atoms with Gasteiger partial charge in [0.05, 0.1) is 25.0 Å². The van der Waals surface area contributed by atoms with Crippen molar-refractivity contribution in [2.45, 2.75) is 82.3 Å². The number of hydrogen-bond acceptors (Lipinski definition) is 9. The zero-order valence-corrected chi connectivity index (χ0v) is 41.2. The van der Waals surface area contributed by atoms with E-state index in [2.05, 4.69) is 143 Å². The van der Waals surface area contributed by atoms with Gasteiger partial charge in [0.15, 0.2) is 0 Å². The van der Waals surface area contributed by atoms with Crippen molar-refractivity contribution in [3.63, 3.8) is 0 Å². The number of rotatable bonds is 13. The van der Waals surface area contributed by atoms with Crippen LogP contribution in [0.3, 0.4) is 0 Å². The van der Waals surface area contributed by atoms with Gasteiger partial charge in [-0.15, -0.1) is 0 Å². The molecule has 2 aliphatic rings. The van der Waals surface area contributed by atoms with Crippen LogP contribution in [-0.2, 0) is 37.7 Å². The maximum atomic E-state index is 6.71. The first-order valence-corrected chi connectivity index (χ1v) is 24.3. The van der Waals surface area contributed by atoms with E-state index >= 15 is 0 Å². The van der Waals surface area contributed by atoms with E-state index in [1.165, 1.54) is 17.5 Å². The summed E-state index contributed by atoms with van der Waals surface area (Å²) in [5.74, 6) is 3.05. The minimum atomic E-state index is 0.157. The molecule has 1 aromatic heterocycles. The summed E-state index contributed by atoms with van der Waals surface area (Å²) < 4.78 is 14.7. The fourth-order valence-corrected chi connectivity index (χ4v) is 9.81. The highest BCUT2D eigenvalue weighted by molar-refractivity contribution is 6.31. The van der Waals surface area contributed by atoms with Gasteiger partial charge in [-0.05, 0) is 146 Å². The number of nitrogens with zero attached hydrogens (tertiary/aromatic N) is 6. The molecule has 1 saturated heterocycles. The quantitative estimate of drug-likeness (QED) is 0.121. The maximum Gasteiger partial charge on any atom is 0.133 e. The van der Waals surface area contributed by atoms with Crippen LogP contribution in [-0.4, -0.2) is 134 Å². The number of aromatic nitrogens is 2. The average molecular weight is 924 g/mol. The monoisotopic (exact) mass is 923 g/mol. The molecule has 350 valence electrons. The molecule has 2 N–H and O–H groups in total. The summed E-state index contributed by atoms with van der Waals surface area (Å²) in [7, 11) is 12.6. The third kappa shape index (κ3) is 14.3. The minimum absolute atomic E-state index is 0.157. The molecule has 65 heavy (non-hydrogen) atoms. The lowest BCUT2D eigenvalue weighted by Crippen LogP contribution is -2.51. The van der Waals surface area contributed by atoms with Gasteiger partial charge in [0.25, 0.3) is 0 Å². The van der Waals surface area contributed by atoms with Gasteiger partial charge in [-0.2, -0.15) is 0 Å². The van der Waals surface area contributed by atoms with Crippen LogP contribution >= 0.6 is 23.2 Å². The second-order valence-corrected chi connectivity index (χ2v) is 19.8. The third-order valence-corrected chi connectivity index (χ3v) is 14.0. The summed E-state index contributed by atoms with van der Waals surface area (Å²) in [5, 5.41) is 9.36. The van der Waals surface area contributed by atoms with Crippen molar-refractivity contribution in [2.24, 2.45) is 13.0 Å². The standard InChI is InChI=1S/C53H72Cl2N8O2/c1-38-31-57-46(37-64-7)35-60(4)47(28-40-13-18-44(54)19-14-40)23-25-56-49-30-50(49)61(5)33-41(27-39-11-9-8-10-12-39)24-26-63(38)34-43-15-20-45(55)29-52(43)65-48-21-16-42(17-22-48)51-32-58-53(62(51)6)36-59(2)3/h8-22,29,32,38,41,46-47,49-50,56-57H,23-28,30-31,33-37H2,1-7H3/t38-,41-,46-,47+,49?,50?/m0/s1. The molecule has 5 aromatic rings. The Balaban J connectivity index is 1.13. The Morgan fingerprint density at radius 2 is 1.55 bits per heavy atom. The summed E-state index contributed by atoms with van der Waals surface area (Å²) >= 11 is 13.0. The van der Waals surface area contributed by atoms with Gasteiger partial charge in [-0.3, -0.25) is 4.90 Å². The van der Waals surface area contributed by atoms with E-state index in [4.69, 9.17) is 32.7 Å². The summed E-state index contributed by atoms with van der Waals surface area (Å²) in [5.41, 5.74) is 5.97. The van der Waals surface area contributed by atoms with Crippen molar-refractivity contribution < 1.29 is 9.47 Å². The molecule has 0 bridgehead atoms. The Kier molecular flexibility index (Phi) is 18.0. The molecule has 4 aromatic carbocycles. The highest BCUT2D eigenvalue weighted by Gasteiger charge is 2.40. The molecule has 0 radical (unpaired) electrons. The molecule has 2 unspecified atom stereocenters. The molecule has 0 spiro atoms. The second-order valence-electron chi connectivity index (χ2n) is 19.0. The molecule has 7 rings (SSSR count). The largest absolute Gasteiger partial charge is 0.457 e. The Bertz CT molecular complexity index is 2200. The van der Waals surface area contributed by atoms with Crippen LogP contribution < -0.4 is 15.4 Å². The predicted octanol–water partition coefficient (Wildman–Crippen LogP) is 8.90. The van der Waals surface area contributed by atoms with Crippen LogP contribution in [0, 0.1) is 5.92 Å². The van der Waals surface area contributed by atoms with Gasteiger partial charge in [0.2, 0.25) is 0 Å². The zero-order valence-electron chi connectivity index (χ0n) is 39.7. The lowest BCUT2D eigenvalue weighted by atomic mass is 9.94. The SMILES string of the molecule is COC[C@@H]1CN(C)[C@@H](Cc2ccc(Cl)cc2)CCNC2CC2N(C)C[C@H](Cc2ccccc2)CCN(Cc2ccc(Cl)cc2Oc2ccc(-c3cnc(CN(C)C)n3C)cc2)[C@@H](C)CN1. The Morgan fingerprint density at radius 1 is 0.815 bits per heavy atom. The molecule has 0 amide bonds. The molecular weight excluding hydrogens is 852 g/mol. The Morgan fingerprint density at radius 3 is 2.29 bits per heavy atom. The van der Waals surface area contributed by atoms with Gasteiger partial charge in [0.1, 0.15) is 17.3 Å². The van der Waals surface area contributed by atoms with Gasteiger partial charge in [-0.1, -0.05) is 71.7 Å². The van der Waals surface area contributed by atoms with Crippen molar-refractivity contribution in [3.8, 4) is 22.8 Å². The molecule has 2 heterocycles. The van der Waals surface area contributed by atoms with E-state index in [1.54, 1.807) is 0 Å². The number of fused-ring (bicyclic) bond motifs is 1. The third-order valence-electron chi connectivity index (χ3n) is 13.5. The first kappa shape index (κ1) is 49.1. The lowest BCUT2D eigenvalue weighted by molar-refractivity contribution is 0.117. The normalized spacial score (nSPS) is 23.5. The average Bonchev–Trinajstić information content (AvgIpc) is 3.99. The highest BCUT2D eigenvalue weighted by Crippen LogP contribution is 2.33. The minimum Gasteiger partial charge on any atom is -0.457 e. The molecule has 1 aliphatic carbocycles. The molecule has 1 saturated carbocycles. The molecule has 6 atom stereocenters. The van der Waals surface area contributed by atoms with Crippen LogP contribution in [0.4, 0.5) is 0 Å². The van der Waals surface area contributed by atoms with E-state index in [-0.39, 0.29) is 12.1 Å². The van der Waals surface area contributed by atoms with Gasteiger partial charge >= 0.3 is 0 Å². The van der Waals surface area contributed by atoms with Crippen LogP contribution in [0.25, 0.3) is 11.3 Å². The number of hydrogen-bond donors (Lipinski definition) is 2. The number of nitrogens with one attached hydrogen (secondary N) is 2. The summed E-state index contributed by atoms with van der Waals surface area (Å²) in [6.45, 7) is 9.16. The van der Waals surface area contributed by atoms with Gasteiger partial charge in [-0.25, -0.2) is 4.98 Å². The number of methoxy groups -OCH3 is 1. The smallest absolute Gasteiger partial charge is 0.133 e. The fourth-order valence-electron chi connectivity index (χ4n) is 9.53. The van der Waals surface area contributed by atoms with Crippen molar-refractivity contribution in [1.29, 1.82) is 0 Å². The topological polar surface area (TPSA) is 73.3 Å². The van der Waals surface area contributed by atoms with E-state index in [9.17, 15) is 0 Å². The zero-order chi connectivity index (χ0) is 45.9. The van der Waals surface area contributed by atoms with E-state index in [1.807, 2.05) is 49.7 Å². The number of halogens is 2. The van der Waals surface area contributed by atoms with E-state index < -0.39 is 0 Å². The lowest BCUT2D eigenvalue weighted by Gasteiger charge is -2.35.